The first kappa shape index (κ1) is 14.8. The normalized spacial score (nSPS) is 10.2. The third-order valence-corrected chi connectivity index (χ3v) is 3.00. The first-order valence-corrected chi connectivity index (χ1v) is 6.55. The standard InChI is InChI=1S/C16H17NO4/c1-10-7-11(2)15(12(3)8-10)17-14(18)9-21-16(19)13-5-4-6-20-13/h4-8H,9H2,1-3H3,(H,17,18). The molecular formula is C16H17NO4. The molecule has 1 aromatic carbocycles. The first-order chi connectivity index (χ1) is 9.97. The van der Waals surface area contributed by atoms with Crippen LogP contribution < -0.4 is 5.32 Å². The van der Waals surface area contributed by atoms with Crippen LogP contribution in [0.25, 0.3) is 0 Å². The third-order valence-electron chi connectivity index (χ3n) is 3.00. The van der Waals surface area contributed by atoms with Crippen LogP contribution in [0.2, 0.25) is 0 Å². The molecule has 0 saturated heterocycles. The molecule has 0 aliphatic heterocycles. The van der Waals surface area contributed by atoms with Gasteiger partial charge in [0.2, 0.25) is 5.76 Å². The van der Waals surface area contributed by atoms with Gasteiger partial charge in [-0.2, -0.15) is 0 Å². The predicted octanol–water partition coefficient (Wildman–Crippen LogP) is 3.00. The Bertz CT molecular complexity index is 636. The van der Waals surface area contributed by atoms with Crippen molar-refractivity contribution in [3.8, 4) is 0 Å². The lowest BCUT2D eigenvalue weighted by Crippen LogP contribution is -2.21. The highest BCUT2D eigenvalue weighted by molar-refractivity contribution is 5.95. The van der Waals surface area contributed by atoms with E-state index < -0.39 is 5.97 Å². The number of hydrogen-bond donors (Lipinski definition) is 1. The predicted molar refractivity (Wildman–Crippen MR) is 78.3 cm³/mol. The topological polar surface area (TPSA) is 68.5 Å². The SMILES string of the molecule is Cc1cc(C)c(NC(=O)COC(=O)c2ccco2)c(C)c1. The van der Waals surface area contributed by atoms with Crippen LogP contribution in [0.15, 0.2) is 34.9 Å². The minimum Gasteiger partial charge on any atom is -0.457 e. The van der Waals surface area contributed by atoms with Gasteiger partial charge in [-0.1, -0.05) is 17.7 Å². The fourth-order valence-corrected chi connectivity index (χ4v) is 2.15. The Balaban J connectivity index is 1.95. The summed E-state index contributed by atoms with van der Waals surface area (Å²) in [6.45, 7) is 5.48. The summed E-state index contributed by atoms with van der Waals surface area (Å²) in [6, 6.07) is 7.03. The number of hydrogen-bond acceptors (Lipinski definition) is 4. The zero-order chi connectivity index (χ0) is 15.4. The van der Waals surface area contributed by atoms with E-state index in [2.05, 4.69) is 5.32 Å². The van der Waals surface area contributed by atoms with Crippen molar-refractivity contribution in [3.63, 3.8) is 0 Å². The van der Waals surface area contributed by atoms with E-state index in [1.807, 2.05) is 32.9 Å². The molecule has 2 rings (SSSR count). The fraction of sp³-hybridized carbons (Fsp3) is 0.250. The molecule has 0 fully saturated rings. The van der Waals surface area contributed by atoms with Crippen molar-refractivity contribution in [2.45, 2.75) is 20.8 Å². The Labute approximate surface area is 122 Å². The Morgan fingerprint density at radius 3 is 2.43 bits per heavy atom. The number of rotatable bonds is 4. The molecule has 110 valence electrons. The van der Waals surface area contributed by atoms with E-state index in [0.29, 0.717) is 0 Å². The van der Waals surface area contributed by atoms with Gasteiger partial charge in [-0.25, -0.2) is 4.79 Å². The van der Waals surface area contributed by atoms with E-state index in [9.17, 15) is 9.59 Å². The number of nitrogens with one attached hydrogen (secondary N) is 1. The van der Waals surface area contributed by atoms with Crippen LogP contribution in [0.5, 0.6) is 0 Å². The highest BCUT2D eigenvalue weighted by atomic mass is 16.5. The highest BCUT2D eigenvalue weighted by Gasteiger charge is 2.14. The Morgan fingerprint density at radius 1 is 1.19 bits per heavy atom. The second-order valence-corrected chi connectivity index (χ2v) is 4.88. The molecule has 0 bridgehead atoms. The lowest BCUT2D eigenvalue weighted by atomic mass is 10.1. The van der Waals surface area contributed by atoms with Crippen molar-refractivity contribution < 1.29 is 18.7 Å². The number of furan rings is 1. The molecule has 0 aliphatic carbocycles. The maximum absolute atomic E-state index is 11.9. The van der Waals surface area contributed by atoms with Crippen molar-refractivity contribution in [2.24, 2.45) is 0 Å². The molecule has 21 heavy (non-hydrogen) atoms. The average molecular weight is 287 g/mol. The van der Waals surface area contributed by atoms with E-state index in [4.69, 9.17) is 9.15 Å². The van der Waals surface area contributed by atoms with E-state index in [0.717, 1.165) is 22.4 Å². The number of carbonyl (C=O) groups excluding carboxylic acids is 2. The molecule has 0 unspecified atom stereocenters. The van der Waals surface area contributed by atoms with E-state index in [-0.39, 0.29) is 18.3 Å². The van der Waals surface area contributed by atoms with Crippen LogP contribution in [0.4, 0.5) is 5.69 Å². The molecule has 5 nitrogen and oxygen atoms in total. The molecule has 1 heterocycles. The van der Waals surface area contributed by atoms with Crippen LogP contribution >= 0.6 is 0 Å². The maximum atomic E-state index is 11.9. The molecule has 1 N–H and O–H groups in total. The van der Waals surface area contributed by atoms with Gasteiger partial charge < -0.3 is 14.5 Å². The minimum atomic E-state index is -0.660. The van der Waals surface area contributed by atoms with Crippen LogP contribution in [0.1, 0.15) is 27.2 Å². The summed E-state index contributed by atoms with van der Waals surface area (Å²) in [5.74, 6) is -0.969. The van der Waals surface area contributed by atoms with Crippen LogP contribution in [0, 0.1) is 20.8 Å². The van der Waals surface area contributed by atoms with Crippen LogP contribution in [-0.2, 0) is 9.53 Å². The number of ether oxygens (including phenoxy) is 1. The molecule has 0 atom stereocenters. The fourth-order valence-electron chi connectivity index (χ4n) is 2.15. The Kier molecular flexibility index (Phi) is 4.42. The second kappa shape index (κ2) is 6.26. The molecule has 1 aromatic heterocycles. The number of esters is 1. The number of amides is 1. The quantitative estimate of drug-likeness (QED) is 0.878. The van der Waals surface area contributed by atoms with Gasteiger partial charge in [0, 0.05) is 5.69 Å². The van der Waals surface area contributed by atoms with Crippen LogP contribution in [-0.4, -0.2) is 18.5 Å². The first-order valence-electron chi connectivity index (χ1n) is 6.55. The monoisotopic (exact) mass is 287 g/mol. The minimum absolute atomic E-state index is 0.0745. The van der Waals surface area contributed by atoms with Gasteiger partial charge in [0.05, 0.1) is 6.26 Å². The molecule has 2 aromatic rings. The number of benzene rings is 1. The van der Waals surface area contributed by atoms with Crippen molar-refractivity contribution in [1.82, 2.24) is 0 Å². The molecule has 0 spiro atoms. The van der Waals surface area contributed by atoms with E-state index in [1.165, 1.54) is 12.3 Å². The van der Waals surface area contributed by atoms with Crippen molar-refractivity contribution in [2.75, 3.05) is 11.9 Å². The largest absolute Gasteiger partial charge is 0.457 e. The number of carbonyl (C=O) groups is 2. The zero-order valence-corrected chi connectivity index (χ0v) is 12.2. The lowest BCUT2D eigenvalue weighted by Gasteiger charge is -2.12. The summed E-state index contributed by atoms with van der Waals surface area (Å²) < 4.78 is 9.77. The highest BCUT2D eigenvalue weighted by Crippen LogP contribution is 2.21. The zero-order valence-electron chi connectivity index (χ0n) is 12.2. The molecular weight excluding hydrogens is 270 g/mol. The van der Waals surface area contributed by atoms with Crippen molar-refractivity contribution in [3.05, 3.63) is 53.0 Å². The summed E-state index contributed by atoms with van der Waals surface area (Å²) in [6.07, 6.45) is 1.37. The van der Waals surface area contributed by atoms with Crippen molar-refractivity contribution >= 4 is 17.6 Å². The average Bonchev–Trinajstić information content (AvgIpc) is 2.94. The number of aryl methyl sites for hydroxylation is 3. The van der Waals surface area contributed by atoms with Gasteiger partial charge in [0.15, 0.2) is 6.61 Å². The summed E-state index contributed by atoms with van der Waals surface area (Å²) in [7, 11) is 0. The van der Waals surface area contributed by atoms with Gasteiger partial charge in [-0.05, 0) is 44.0 Å². The van der Waals surface area contributed by atoms with Crippen LogP contribution in [0.3, 0.4) is 0 Å². The molecule has 1 amide bonds. The summed E-state index contributed by atoms with van der Waals surface area (Å²) in [5, 5.41) is 2.76. The van der Waals surface area contributed by atoms with Crippen molar-refractivity contribution in [1.29, 1.82) is 0 Å². The van der Waals surface area contributed by atoms with Gasteiger partial charge in [-0.3, -0.25) is 4.79 Å². The molecule has 0 aliphatic rings. The number of anilines is 1. The third kappa shape index (κ3) is 3.72. The van der Waals surface area contributed by atoms with Gasteiger partial charge in [0.1, 0.15) is 0 Å². The second-order valence-electron chi connectivity index (χ2n) is 4.88. The molecule has 0 radical (unpaired) electrons. The van der Waals surface area contributed by atoms with E-state index >= 15 is 0 Å². The van der Waals surface area contributed by atoms with Gasteiger partial charge in [0.25, 0.3) is 5.91 Å². The summed E-state index contributed by atoms with van der Waals surface area (Å²) in [4.78, 5) is 23.4. The molecule has 5 heteroatoms. The molecule has 0 saturated carbocycles. The smallest absolute Gasteiger partial charge is 0.374 e. The Morgan fingerprint density at radius 2 is 1.86 bits per heavy atom. The summed E-state index contributed by atoms with van der Waals surface area (Å²) >= 11 is 0. The van der Waals surface area contributed by atoms with Gasteiger partial charge in [-0.15, -0.1) is 0 Å². The maximum Gasteiger partial charge on any atom is 0.374 e. The lowest BCUT2D eigenvalue weighted by molar-refractivity contribution is -0.119. The van der Waals surface area contributed by atoms with E-state index in [1.54, 1.807) is 6.07 Å². The van der Waals surface area contributed by atoms with Gasteiger partial charge >= 0.3 is 5.97 Å². The summed E-state index contributed by atoms with van der Waals surface area (Å²) in [5.41, 5.74) is 3.82. The Hall–Kier alpha value is -2.56.